The Morgan fingerprint density at radius 1 is 0.842 bits per heavy atom. The van der Waals surface area contributed by atoms with Crippen molar-refractivity contribution in [3.63, 3.8) is 0 Å². The Morgan fingerprint density at radius 2 is 1.37 bits per heavy atom. The summed E-state index contributed by atoms with van der Waals surface area (Å²) in [5.41, 5.74) is 0.971. The first-order valence-corrected chi connectivity index (χ1v) is 13.5. The summed E-state index contributed by atoms with van der Waals surface area (Å²) in [5, 5.41) is 8.10. The molecule has 0 bridgehead atoms. The van der Waals surface area contributed by atoms with Crippen LogP contribution in [-0.2, 0) is 25.6 Å². The fourth-order valence-electron chi connectivity index (χ4n) is 3.20. The Bertz CT molecular complexity index is 833. The Labute approximate surface area is 226 Å². The Morgan fingerprint density at radius 3 is 1.89 bits per heavy atom. The van der Waals surface area contributed by atoms with Gasteiger partial charge in [-0.15, -0.1) is 0 Å². The van der Waals surface area contributed by atoms with Crippen molar-refractivity contribution in [1.29, 1.82) is 0 Å². The third-order valence-corrected chi connectivity index (χ3v) is 6.13. The van der Waals surface area contributed by atoms with Crippen LogP contribution in [0.25, 0.3) is 0 Å². The highest BCUT2D eigenvalue weighted by Gasteiger charge is 2.16. The zero-order chi connectivity index (χ0) is 28.2. The zero-order valence-electron chi connectivity index (χ0n) is 23.3. The number of nitrogens with zero attached hydrogens (tertiary/aromatic N) is 2. The molecule has 1 fully saturated rings. The molecular weight excluding hydrogens is 490 g/mol. The van der Waals surface area contributed by atoms with Crippen molar-refractivity contribution in [3.05, 3.63) is 30.1 Å². The van der Waals surface area contributed by atoms with Crippen LogP contribution in [0.3, 0.4) is 0 Å². The number of rotatable bonds is 12. The van der Waals surface area contributed by atoms with Crippen LogP contribution >= 0.6 is 0 Å². The largest absolute Gasteiger partial charge is 0.464 e. The lowest BCUT2D eigenvalue weighted by Gasteiger charge is -2.26. The highest BCUT2D eigenvalue weighted by atomic mass is 16.5. The number of ether oxygens (including phenoxy) is 2. The van der Waals surface area contributed by atoms with Crippen molar-refractivity contribution in [1.82, 2.24) is 25.8 Å². The fraction of sp³-hybridized carbons (Fsp3) is 0.667. The number of hydrogen-bond acceptors (Lipinski definition) is 7. The van der Waals surface area contributed by atoms with Crippen LogP contribution in [0.1, 0.15) is 65.4 Å². The molecule has 3 N–H and O–H groups in total. The number of amides is 4. The lowest BCUT2D eigenvalue weighted by atomic mass is 10.1. The maximum atomic E-state index is 11.7. The summed E-state index contributed by atoms with van der Waals surface area (Å²) in [5.74, 6) is -0.588. The zero-order valence-corrected chi connectivity index (χ0v) is 23.3. The predicted octanol–water partition coefficient (Wildman–Crippen LogP) is 3.24. The number of aromatic nitrogens is 1. The number of nitrogens with one attached hydrogen (secondary N) is 3. The van der Waals surface area contributed by atoms with Crippen LogP contribution in [0.5, 0.6) is 0 Å². The molecule has 1 aliphatic rings. The summed E-state index contributed by atoms with van der Waals surface area (Å²) in [4.78, 5) is 51.6. The van der Waals surface area contributed by atoms with E-state index in [1.54, 1.807) is 12.4 Å². The molecule has 2 unspecified atom stereocenters. The van der Waals surface area contributed by atoms with Gasteiger partial charge in [-0.25, -0.2) is 9.59 Å². The molecule has 1 aromatic rings. The first-order chi connectivity index (χ1) is 18.3. The average Bonchev–Trinajstić information content (AvgIpc) is 2.96. The third kappa shape index (κ3) is 14.4. The molecule has 38 heavy (non-hydrogen) atoms. The molecule has 0 radical (unpaired) electrons. The third-order valence-electron chi connectivity index (χ3n) is 6.13. The molecule has 4 amide bonds. The van der Waals surface area contributed by atoms with Gasteiger partial charge in [-0.2, -0.15) is 0 Å². The monoisotopic (exact) mass is 535 g/mol. The maximum absolute atomic E-state index is 11.7. The minimum atomic E-state index is -0.290. The molecular formula is C27H45N5O6. The van der Waals surface area contributed by atoms with Crippen LogP contribution in [0.2, 0.25) is 0 Å². The SMILES string of the molecule is CCC(C)C(=O)OCCNC(=O)N1CCCCC1.CCC(C)C(=O)OCCNC(=O)NCc1ccncc1. The van der Waals surface area contributed by atoms with Crippen molar-refractivity contribution in [2.75, 3.05) is 39.4 Å². The van der Waals surface area contributed by atoms with E-state index in [0.29, 0.717) is 19.6 Å². The van der Waals surface area contributed by atoms with Gasteiger partial charge in [0, 0.05) is 32.0 Å². The smallest absolute Gasteiger partial charge is 0.317 e. The molecule has 0 saturated carbocycles. The van der Waals surface area contributed by atoms with E-state index in [1.165, 1.54) is 6.42 Å². The van der Waals surface area contributed by atoms with Gasteiger partial charge in [0.1, 0.15) is 13.2 Å². The lowest BCUT2D eigenvalue weighted by molar-refractivity contribution is -0.148. The second kappa shape index (κ2) is 19.7. The predicted molar refractivity (Wildman–Crippen MR) is 144 cm³/mol. The number of likely N-dealkylation sites (tertiary alicyclic amines) is 1. The lowest BCUT2D eigenvalue weighted by Crippen LogP contribution is -2.43. The van der Waals surface area contributed by atoms with Gasteiger partial charge in [0.05, 0.1) is 24.9 Å². The van der Waals surface area contributed by atoms with Gasteiger partial charge in [0.25, 0.3) is 0 Å². The van der Waals surface area contributed by atoms with Crippen LogP contribution in [-0.4, -0.2) is 73.3 Å². The molecule has 2 rings (SSSR count). The minimum Gasteiger partial charge on any atom is -0.464 e. The molecule has 0 spiro atoms. The van der Waals surface area contributed by atoms with Crippen molar-refractivity contribution in [3.8, 4) is 0 Å². The van der Waals surface area contributed by atoms with Gasteiger partial charge in [-0.3, -0.25) is 14.6 Å². The van der Waals surface area contributed by atoms with Gasteiger partial charge in [-0.05, 0) is 49.8 Å². The number of pyridine rings is 1. The van der Waals surface area contributed by atoms with Crippen molar-refractivity contribution < 1.29 is 28.7 Å². The van der Waals surface area contributed by atoms with E-state index in [1.807, 2.05) is 44.7 Å². The molecule has 0 aliphatic carbocycles. The summed E-state index contributed by atoms with van der Waals surface area (Å²) in [7, 11) is 0. The molecule has 2 heterocycles. The number of hydrogen-bond donors (Lipinski definition) is 3. The van der Waals surface area contributed by atoms with Crippen molar-refractivity contribution in [2.45, 2.75) is 66.3 Å². The van der Waals surface area contributed by atoms with E-state index in [9.17, 15) is 19.2 Å². The van der Waals surface area contributed by atoms with Gasteiger partial charge in [-0.1, -0.05) is 27.7 Å². The topological polar surface area (TPSA) is 139 Å². The van der Waals surface area contributed by atoms with E-state index in [4.69, 9.17) is 9.47 Å². The average molecular weight is 536 g/mol. The van der Waals surface area contributed by atoms with Crippen LogP contribution in [0.15, 0.2) is 24.5 Å². The molecule has 1 aliphatic heterocycles. The van der Waals surface area contributed by atoms with Crippen LogP contribution in [0.4, 0.5) is 9.59 Å². The number of carbonyl (C=O) groups is 4. The molecule has 1 saturated heterocycles. The number of carbonyl (C=O) groups excluding carboxylic acids is 4. The number of esters is 2. The van der Waals surface area contributed by atoms with E-state index in [-0.39, 0.29) is 49.1 Å². The number of urea groups is 2. The first kappa shape index (κ1) is 32.7. The van der Waals surface area contributed by atoms with Crippen LogP contribution < -0.4 is 16.0 Å². The van der Waals surface area contributed by atoms with Gasteiger partial charge >= 0.3 is 24.0 Å². The number of piperidine rings is 1. The summed E-state index contributed by atoms with van der Waals surface area (Å²) < 4.78 is 10.1. The standard InChI is InChI=1S/C14H21N3O3.C13H24N2O3/c1-3-11(2)13(18)20-9-8-16-14(19)17-10-12-4-6-15-7-5-12;1-3-11(2)12(16)18-10-7-14-13(17)15-8-5-4-6-9-15/h4-7,11H,3,8-10H2,1-2H3,(H2,16,17,19);11H,3-10H2,1-2H3,(H,14,17). The Balaban J connectivity index is 0.000000382. The molecule has 1 aromatic heterocycles. The Kier molecular flexibility index (Phi) is 16.9. The van der Waals surface area contributed by atoms with Crippen LogP contribution in [0, 0.1) is 11.8 Å². The summed E-state index contributed by atoms with van der Waals surface area (Å²) in [6, 6.07) is 3.32. The molecule has 11 nitrogen and oxygen atoms in total. The molecule has 0 aromatic carbocycles. The Hall–Kier alpha value is -3.37. The normalized spacial score (nSPS) is 14.2. The summed E-state index contributed by atoms with van der Waals surface area (Å²) in [6.07, 6.45) is 8.23. The maximum Gasteiger partial charge on any atom is 0.317 e. The van der Waals surface area contributed by atoms with Gasteiger partial charge < -0.3 is 30.3 Å². The van der Waals surface area contributed by atoms with Gasteiger partial charge in [0.15, 0.2) is 0 Å². The molecule has 214 valence electrons. The minimum absolute atomic E-state index is 0.0470. The van der Waals surface area contributed by atoms with Gasteiger partial charge in [0.2, 0.25) is 0 Å². The quantitative estimate of drug-likeness (QED) is 0.276. The highest BCUT2D eigenvalue weighted by molar-refractivity contribution is 5.75. The fourth-order valence-corrected chi connectivity index (χ4v) is 3.20. The highest BCUT2D eigenvalue weighted by Crippen LogP contribution is 2.08. The van der Waals surface area contributed by atoms with E-state index in [2.05, 4.69) is 20.9 Å². The van der Waals surface area contributed by atoms with Crippen molar-refractivity contribution in [2.24, 2.45) is 11.8 Å². The summed E-state index contributed by atoms with van der Waals surface area (Å²) in [6.45, 7) is 10.8. The molecule has 2 atom stereocenters. The van der Waals surface area contributed by atoms with E-state index < -0.39 is 0 Å². The van der Waals surface area contributed by atoms with E-state index >= 15 is 0 Å². The second-order valence-corrected chi connectivity index (χ2v) is 9.20. The summed E-state index contributed by atoms with van der Waals surface area (Å²) >= 11 is 0. The van der Waals surface area contributed by atoms with E-state index in [0.717, 1.165) is 44.3 Å². The van der Waals surface area contributed by atoms with Crippen molar-refractivity contribution >= 4 is 24.0 Å². The molecule has 11 heteroatoms. The second-order valence-electron chi connectivity index (χ2n) is 9.20. The first-order valence-electron chi connectivity index (χ1n) is 13.5.